The molecule has 7 heteroatoms. The Kier molecular flexibility index (Phi) is 5.63. The number of aliphatic carboxylic acids is 1. The van der Waals surface area contributed by atoms with Crippen LogP contribution in [0.5, 0.6) is 5.75 Å². The van der Waals surface area contributed by atoms with Gasteiger partial charge < -0.3 is 14.4 Å². The molecule has 1 aromatic heterocycles. The summed E-state index contributed by atoms with van der Waals surface area (Å²) in [4.78, 5) is 12.7. The molecule has 124 valence electrons. The zero-order valence-corrected chi connectivity index (χ0v) is 14.1. The SMILES string of the molecule is Cc1noc(C)c1CN(C)Cc1cc(Cl)ccc1OCC(=O)O. The molecule has 0 fully saturated rings. The van der Waals surface area contributed by atoms with Crippen LogP contribution in [0.15, 0.2) is 22.7 Å². The highest BCUT2D eigenvalue weighted by Gasteiger charge is 2.14. The van der Waals surface area contributed by atoms with Gasteiger partial charge in [-0.25, -0.2) is 4.79 Å². The van der Waals surface area contributed by atoms with Crippen LogP contribution in [0.3, 0.4) is 0 Å². The lowest BCUT2D eigenvalue weighted by atomic mass is 10.1. The molecule has 1 N–H and O–H groups in total. The molecule has 0 bridgehead atoms. The van der Waals surface area contributed by atoms with Gasteiger partial charge in [-0.1, -0.05) is 16.8 Å². The molecule has 0 amide bonds. The first kappa shape index (κ1) is 17.3. The Morgan fingerprint density at radius 3 is 2.74 bits per heavy atom. The topological polar surface area (TPSA) is 75.8 Å². The average Bonchev–Trinajstić information content (AvgIpc) is 2.78. The third kappa shape index (κ3) is 4.71. The Labute approximate surface area is 139 Å². The van der Waals surface area contributed by atoms with E-state index in [1.165, 1.54) is 0 Å². The van der Waals surface area contributed by atoms with Crippen molar-refractivity contribution >= 4 is 17.6 Å². The van der Waals surface area contributed by atoms with E-state index < -0.39 is 5.97 Å². The van der Waals surface area contributed by atoms with Crippen molar-refractivity contribution in [2.75, 3.05) is 13.7 Å². The molecule has 0 aliphatic rings. The number of aryl methyl sites for hydroxylation is 2. The number of nitrogens with zero attached hydrogens (tertiary/aromatic N) is 2. The number of carboxylic acid groups (broad SMARTS) is 1. The molecule has 0 radical (unpaired) electrons. The molecule has 0 aliphatic carbocycles. The lowest BCUT2D eigenvalue weighted by Gasteiger charge is -2.19. The Hall–Kier alpha value is -2.05. The maximum atomic E-state index is 10.7. The summed E-state index contributed by atoms with van der Waals surface area (Å²) in [5.74, 6) is 0.292. The van der Waals surface area contributed by atoms with E-state index in [1.54, 1.807) is 18.2 Å². The monoisotopic (exact) mass is 338 g/mol. The number of rotatable bonds is 7. The number of benzene rings is 1. The van der Waals surface area contributed by atoms with Crippen molar-refractivity contribution in [3.8, 4) is 5.75 Å². The summed E-state index contributed by atoms with van der Waals surface area (Å²) in [5, 5.41) is 13.3. The highest BCUT2D eigenvalue weighted by Crippen LogP contribution is 2.25. The quantitative estimate of drug-likeness (QED) is 0.836. The van der Waals surface area contributed by atoms with E-state index >= 15 is 0 Å². The molecule has 2 rings (SSSR count). The number of carboxylic acids is 1. The second kappa shape index (κ2) is 7.48. The first-order valence-corrected chi connectivity index (χ1v) is 7.48. The Balaban J connectivity index is 2.11. The van der Waals surface area contributed by atoms with Gasteiger partial charge in [0, 0.05) is 29.2 Å². The van der Waals surface area contributed by atoms with Gasteiger partial charge in [-0.05, 0) is 39.1 Å². The van der Waals surface area contributed by atoms with E-state index in [1.807, 2.05) is 20.9 Å². The summed E-state index contributed by atoms with van der Waals surface area (Å²) in [6.45, 7) is 4.61. The van der Waals surface area contributed by atoms with Gasteiger partial charge in [-0.3, -0.25) is 4.90 Å². The Bertz CT molecular complexity index is 680. The minimum absolute atomic E-state index is 0.387. The Morgan fingerprint density at radius 2 is 2.13 bits per heavy atom. The van der Waals surface area contributed by atoms with E-state index in [0.29, 0.717) is 23.9 Å². The third-order valence-electron chi connectivity index (χ3n) is 3.42. The van der Waals surface area contributed by atoms with Crippen LogP contribution in [0, 0.1) is 13.8 Å². The van der Waals surface area contributed by atoms with Crippen LogP contribution in [-0.2, 0) is 17.9 Å². The van der Waals surface area contributed by atoms with Crippen molar-refractivity contribution in [2.24, 2.45) is 0 Å². The summed E-state index contributed by atoms with van der Waals surface area (Å²) in [6.07, 6.45) is 0. The van der Waals surface area contributed by atoms with Gasteiger partial charge in [-0.15, -0.1) is 0 Å². The maximum absolute atomic E-state index is 10.7. The third-order valence-corrected chi connectivity index (χ3v) is 3.66. The van der Waals surface area contributed by atoms with Crippen molar-refractivity contribution in [1.82, 2.24) is 10.1 Å². The Morgan fingerprint density at radius 1 is 1.39 bits per heavy atom. The molecule has 0 atom stereocenters. The van der Waals surface area contributed by atoms with E-state index in [9.17, 15) is 4.79 Å². The van der Waals surface area contributed by atoms with E-state index in [2.05, 4.69) is 10.1 Å². The number of hydrogen-bond donors (Lipinski definition) is 1. The summed E-state index contributed by atoms with van der Waals surface area (Å²) < 4.78 is 10.5. The van der Waals surface area contributed by atoms with Crippen molar-refractivity contribution in [3.63, 3.8) is 0 Å². The van der Waals surface area contributed by atoms with Gasteiger partial charge in [-0.2, -0.15) is 0 Å². The lowest BCUT2D eigenvalue weighted by Crippen LogP contribution is -2.19. The standard InChI is InChI=1S/C16H19ClN2O4/c1-10-14(11(2)23-18-10)8-19(3)7-12-6-13(17)4-5-15(12)22-9-16(20)21/h4-6H,7-9H2,1-3H3,(H,20,21). The molecule has 0 saturated heterocycles. The predicted octanol–water partition coefficient (Wildman–Crippen LogP) is 3.04. The predicted molar refractivity (Wildman–Crippen MR) is 85.7 cm³/mol. The van der Waals surface area contributed by atoms with Crippen LogP contribution in [0.4, 0.5) is 0 Å². The summed E-state index contributed by atoms with van der Waals surface area (Å²) in [5.41, 5.74) is 2.73. The fraction of sp³-hybridized carbons (Fsp3) is 0.375. The zero-order valence-electron chi connectivity index (χ0n) is 13.3. The van der Waals surface area contributed by atoms with Crippen LogP contribution in [-0.4, -0.2) is 34.8 Å². The van der Waals surface area contributed by atoms with Crippen molar-refractivity contribution in [2.45, 2.75) is 26.9 Å². The maximum Gasteiger partial charge on any atom is 0.341 e. The lowest BCUT2D eigenvalue weighted by molar-refractivity contribution is -0.139. The van der Waals surface area contributed by atoms with Crippen LogP contribution < -0.4 is 4.74 Å². The van der Waals surface area contributed by atoms with Crippen LogP contribution >= 0.6 is 11.6 Å². The fourth-order valence-corrected chi connectivity index (χ4v) is 2.49. The van der Waals surface area contributed by atoms with Crippen molar-refractivity contribution in [3.05, 3.63) is 45.8 Å². The summed E-state index contributed by atoms with van der Waals surface area (Å²) >= 11 is 6.04. The number of carbonyl (C=O) groups is 1. The molecule has 6 nitrogen and oxygen atoms in total. The second-order valence-corrected chi connectivity index (χ2v) is 5.85. The molecule has 0 saturated carbocycles. The molecular weight excluding hydrogens is 320 g/mol. The smallest absolute Gasteiger partial charge is 0.341 e. The summed E-state index contributed by atoms with van der Waals surface area (Å²) in [6, 6.07) is 5.14. The van der Waals surface area contributed by atoms with E-state index in [4.69, 9.17) is 26.0 Å². The first-order chi connectivity index (χ1) is 10.9. The van der Waals surface area contributed by atoms with Gasteiger partial charge in [0.2, 0.25) is 0 Å². The number of aromatic nitrogens is 1. The molecule has 2 aromatic rings. The van der Waals surface area contributed by atoms with Gasteiger partial charge >= 0.3 is 5.97 Å². The fourth-order valence-electron chi connectivity index (χ4n) is 2.30. The van der Waals surface area contributed by atoms with Gasteiger partial charge in [0.25, 0.3) is 0 Å². The van der Waals surface area contributed by atoms with E-state index in [-0.39, 0.29) is 6.61 Å². The minimum Gasteiger partial charge on any atom is -0.482 e. The van der Waals surface area contributed by atoms with Crippen LogP contribution in [0.25, 0.3) is 0 Å². The minimum atomic E-state index is -1.02. The number of hydrogen-bond acceptors (Lipinski definition) is 5. The normalized spacial score (nSPS) is 11.0. The molecule has 0 unspecified atom stereocenters. The molecule has 0 aliphatic heterocycles. The zero-order chi connectivity index (χ0) is 17.0. The van der Waals surface area contributed by atoms with Crippen molar-refractivity contribution in [1.29, 1.82) is 0 Å². The van der Waals surface area contributed by atoms with Gasteiger partial charge in [0.1, 0.15) is 11.5 Å². The molecular formula is C16H19ClN2O4. The van der Waals surface area contributed by atoms with Crippen molar-refractivity contribution < 1.29 is 19.2 Å². The second-order valence-electron chi connectivity index (χ2n) is 5.41. The van der Waals surface area contributed by atoms with Gasteiger partial charge in [0.05, 0.1) is 5.69 Å². The molecule has 23 heavy (non-hydrogen) atoms. The highest BCUT2D eigenvalue weighted by molar-refractivity contribution is 6.30. The summed E-state index contributed by atoms with van der Waals surface area (Å²) in [7, 11) is 1.95. The largest absolute Gasteiger partial charge is 0.482 e. The van der Waals surface area contributed by atoms with Crippen LogP contribution in [0.2, 0.25) is 5.02 Å². The van der Waals surface area contributed by atoms with E-state index in [0.717, 1.165) is 22.6 Å². The number of ether oxygens (including phenoxy) is 1. The first-order valence-electron chi connectivity index (χ1n) is 7.10. The number of halogens is 1. The van der Waals surface area contributed by atoms with Crippen LogP contribution in [0.1, 0.15) is 22.6 Å². The molecule has 1 aromatic carbocycles. The average molecular weight is 339 g/mol. The molecule has 0 spiro atoms. The highest BCUT2D eigenvalue weighted by atomic mass is 35.5. The molecule has 1 heterocycles. The van der Waals surface area contributed by atoms with Gasteiger partial charge in [0.15, 0.2) is 6.61 Å².